The summed E-state index contributed by atoms with van der Waals surface area (Å²) in [6.07, 6.45) is 7.71. The van der Waals surface area contributed by atoms with Gasteiger partial charge in [-0.05, 0) is 55.4 Å². The summed E-state index contributed by atoms with van der Waals surface area (Å²) in [5.74, 6) is 0.631. The van der Waals surface area contributed by atoms with Crippen molar-refractivity contribution in [2.45, 2.75) is 77.3 Å². The van der Waals surface area contributed by atoms with Gasteiger partial charge in [-0.2, -0.15) is 0 Å². The van der Waals surface area contributed by atoms with Gasteiger partial charge < -0.3 is 10.6 Å². The van der Waals surface area contributed by atoms with Gasteiger partial charge in [-0.25, -0.2) is 0 Å². The molecule has 0 radical (unpaired) electrons. The average molecular weight is 319 g/mol. The minimum Gasteiger partial charge on any atom is -0.360 e. The molecule has 1 aliphatic rings. The molecule has 1 aromatic rings. The third kappa shape index (κ3) is 4.98. The van der Waals surface area contributed by atoms with Gasteiger partial charge in [-0.3, -0.25) is 0 Å². The molecule has 1 aliphatic carbocycles. The summed E-state index contributed by atoms with van der Waals surface area (Å²) in [5.41, 5.74) is 2.71. The van der Waals surface area contributed by atoms with E-state index in [0.29, 0.717) is 12.0 Å². The maximum Gasteiger partial charge on any atom is 0.166 e. The summed E-state index contributed by atoms with van der Waals surface area (Å²) in [6.45, 7) is 6.69. The van der Waals surface area contributed by atoms with Crippen LogP contribution < -0.4 is 10.6 Å². The van der Waals surface area contributed by atoms with Gasteiger partial charge in [0.15, 0.2) is 5.11 Å². The normalized spacial score (nSPS) is 18.5. The van der Waals surface area contributed by atoms with E-state index in [9.17, 15) is 0 Å². The molecule has 1 aromatic carbocycles. The van der Waals surface area contributed by atoms with Crippen molar-refractivity contribution < 1.29 is 0 Å². The Balaban J connectivity index is 1.85. The molecule has 0 heterocycles. The highest BCUT2D eigenvalue weighted by Gasteiger charge is 2.15. The van der Waals surface area contributed by atoms with Gasteiger partial charge in [-0.15, -0.1) is 0 Å². The highest BCUT2D eigenvalue weighted by atomic mass is 32.1. The van der Waals surface area contributed by atoms with Gasteiger partial charge in [0.2, 0.25) is 0 Å². The molecule has 0 aliphatic heterocycles. The first-order chi connectivity index (χ1) is 10.6. The van der Waals surface area contributed by atoms with Crippen LogP contribution in [-0.2, 0) is 0 Å². The lowest BCUT2D eigenvalue weighted by molar-refractivity contribution is 0.411. The lowest BCUT2D eigenvalue weighted by Gasteiger charge is -2.26. The molecular weight excluding hydrogens is 288 g/mol. The second kappa shape index (κ2) is 8.52. The Labute approximate surface area is 141 Å². The Morgan fingerprint density at radius 2 is 1.68 bits per heavy atom. The van der Waals surface area contributed by atoms with E-state index in [0.717, 1.165) is 5.11 Å². The van der Waals surface area contributed by atoms with E-state index in [-0.39, 0.29) is 6.04 Å². The van der Waals surface area contributed by atoms with Gasteiger partial charge >= 0.3 is 0 Å². The summed E-state index contributed by atoms with van der Waals surface area (Å²) in [7, 11) is 0. The van der Waals surface area contributed by atoms with Crippen molar-refractivity contribution in [3.8, 4) is 0 Å². The van der Waals surface area contributed by atoms with Crippen molar-refractivity contribution in [2.75, 3.05) is 0 Å². The molecule has 2 N–H and O–H groups in total. The van der Waals surface area contributed by atoms with Crippen molar-refractivity contribution in [1.82, 2.24) is 10.6 Å². The molecule has 0 saturated heterocycles. The lowest BCUT2D eigenvalue weighted by Crippen LogP contribution is -2.43. The van der Waals surface area contributed by atoms with E-state index in [1.54, 1.807) is 0 Å². The first-order valence-electron chi connectivity index (χ1n) is 8.77. The second-order valence-electron chi connectivity index (χ2n) is 6.65. The van der Waals surface area contributed by atoms with E-state index in [4.69, 9.17) is 12.2 Å². The molecule has 3 heteroatoms. The predicted octanol–water partition coefficient (Wildman–Crippen LogP) is 5.06. The Bertz CT molecular complexity index is 463. The third-order valence-electron chi connectivity index (χ3n) is 4.91. The largest absolute Gasteiger partial charge is 0.360 e. The molecule has 1 fully saturated rings. The summed E-state index contributed by atoms with van der Waals surface area (Å²) in [5, 5.41) is 7.70. The molecule has 122 valence electrons. The second-order valence-corrected chi connectivity index (χ2v) is 7.06. The van der Waals surface area contributed by atoms with Gasteiger partial charge in [0.25, 0.3) is 0 Å². The first kappa shape index (κ1) is 17.3. The van der Waals surface area contributed by atoms with Crippen molar-refractivity contribution in [3.63, 3.8) is 0 Å². The molecule has 0 unspecified atom stereocenters. The van der Waals surface area contributed by atoms with Crippen LogP contribution in [0.2, 0.25) is 0 Å². The van der Waals surface area contributed by atoms with Crippen molar-refractivity contribution in [1.29, 1.82) is 0 Å². The lowest BCUT2D eigenvalue weighted by atomic mass is 9.95. The molecule has 22 heavy (non-hydrogen) atoms. The monoisotopic (exact) mass is 318 g/mol. The maximum absolute atomic E-state index is 5.47. The number of rotatable bonds is 5. The smallest absolute Gasteiger partial charge is 0.166 e. The SMILES string of the molecule is CC[C@@H](C)c1ccc([C@@H](C)NC(=S)NC2CCCCC2)cc1. The minimum atomic E-state index is 0.245. The Morgan fingerprint density at radius 1 is 1.09 bits per heavy atom. The zero-order valence-corrected chi connectivity index (χ0v) is 15.0. The van der Waals surface area contributed by atoms with Crippen LogP contribution >= 0.6 is 12.2 Å². The van der Waals surface area contributed by atoms with Crippen LogP contribution in [0.4, 0.5) is 0 Å². The number of thiocarbonyl (C=S) groups is 1. The van der Waals surface area contributed by atoms with Crippen molar-refractivity contribution >= 4 is 17.3 Å². The van der Waals surface area contributed by atoms with Crippen LogP contribution in [0, 0.1) is 0 Å². The number of nitrogens with one attached hydrogen (secondary N) is 2. The highest BCUT2D eigenvalue weighted by Crippen LogP contribution is 2.21. The number of hydrogen-bond acceptors (Lipinski definition) is 1. The molecule has 0 bridgehead atoms. The van der Waals surface area contributed by atoms with Crippen LogP contribution in [0.15, 0.2) is 24.3 Å². The van der Waals surface area contributed by atoms with E-state index in [2.05, 4.69) is 55.7 Å². The molecule has 2 atom stereocenters. The fourth-order valence-electron chi connectivity index (χ4n) is 3.10. The Kier molecular flexibility index (Phi) is 6.69. The highest BCUT2D eigenvalue weighted by molar-refractivity contribution is 7.80. The Morgan fingerprint density at radius 3 is 2.27 bits per heavy atom. The molecule has 2 nitrogen and oxygen atoms in total. The predicted molar refractivity (Wildman–Crippen MR) is 99.3 cm³/mol. The van der Waals surface area contributed by atoms with E-state index in [1.807, 2.05) is 0 Å². The van der Waals surface area contributed by atoms with Crippen molar-refractivity contribution in [2.24, 2.45) is 0 Å². The van der Waals surface area contributed by atoms with Gasteiger partial charge in [0.1, 0.15) is 0 Å². The Hall–Kier alpha value is -1.09. The number of hydrogen-bond donors (Lipinski definition) is 2. The fraction of sp³-hybridized carbons (Fsp3) is 0.632. The first-order valence-corrected chi connectivity index (χ1v) is 9.17. The quantitative estimate of drug-likeness (QED) is 0.742. The average Bonchev–Trinajstić information content (AvgIpc) is 2.55. The van der Waals surface area contributed by atoms with E-state index >= 15 is 0 Å². The standard InChI is InChI=1S/C19H30N2S/c1-4-14(2)16-10-12-17(13-11-16)15(3)20-19(22)21-18-8-6-5-7-9-18/h10-15,18H,4-9H2,1-3H3,(H2,20,21,22)/t14-,15-/m1/s1. The number of benzene rings is 1. The third-order valence-corrected chi connectivity index (χ3v) is 5.14. The van der Waals surface area contributed by atoms with Crippen LogP contribution in [0.3, 0.4) is 0 Å². The van der Waals surface area contributed by atoms with Crippen LogP contribution in [0.1, 0.15) is 82.4 Å². The van der Waals surface area contributed by atoms with Gasteiger partial charge in [0, 0.05) is 6.04 Å². The summed E-state index contributed by atoms with van der Waals surface area (Å²) in [4.78, 5) is 0. The zero-order chi connectivity index (χ0) is 15.9. The molecule has 1 saturated carbocycles. The van der Waals surface area contributed by atoms with E-state index < -0.39 is 0 Å². The summed E-state index contributed by atoms with van der Waals surface area (Å²) < 4.78 is 0. The minimum absolute atomic E-state index is 0.245. The maximum atomic E-state index is 5.47. The molecule has 0 aromatic heterocycles. The van der Waals surface area contributed by atoms with E-state index in [1.165, 1.54) is 49.7 Å². The van der Waals surface area contributed by atoms with Gasteiger partial charge in [-0.1, -0.05) is 57.4 Å². The topological polar surface area (TPSA) is 24.1 Å². The molecule has 0 amide bonds. The van der Waals surface area contributed by atoms with Crippen LogP contribution in [0.5, 0.6) is 0 Å². The zero-order valence-electron chi connectivity index (χ0n) is 14.2. The molecule has 0 spiro atoms. The molecule has 2 rings (SSSR count). The van der Waals surface area contributed by atoms with Crippen LogP contribution in [0.25, 0.3) is 0 Å². The fourth-order valence-corrected chi connectivity index (χ4v) is 3.45. The molecular formula is C19H30N2S. The summed E-state index contributed by atoms with van der Waals surface area (Å²) >= 11 is 5.47. The van der Waals surface area contributed by atoms with Crippen molar-refractivity contribution in [3.05, 3.63) is 35.4 Å². The summed E-state index contributed by atoms with van der Waals surface area (Å²) in [6, 6.07) is 9.76. The van der Waals surface area contributed by atoms with Crippen LogP contribution in [-0.4, -0.2) is 11.2 Å². The van der Waals surface area contributed by atoms with Gasteiger partial charge in [0.05, 0.1) is 6.04 Å².